The van der Waals surface area contributed by atoms with Crippen molar-refractivity contribution in [2.24, 2.45) is 0 Å². The van der Waals surface area contributed by atoms with Crippen LogP contribution < -0.4 is 15.4 Å². The minimum Gasteiger partial charge on any atom is -0.483 e. The van der Waals surface area contributed by atoms with Gasteiger partial charge in [-0.15, -0.1) is 0 Å². The summed E-state index contributed by atoms with van der Waals surface area (Å²) in [5.41, 5.74) is 0.486. The van der Waals surface area contributed by atoms with Gasteiger partial charge in [-0.2, -0.15) is 0 Å². The van der Waals surface area contributed by atoms with Crippen LogP contribution in [0.5, 0.6) is 5.75 Å². The normalized spacial score (nSPS) is 15.2. The van der Waals surface area contributed by atoms with Gasteiger partial charge < -0.3 is 15.4 Å². The van der Waals surface area contributed by atoms with Gasteiger partial charge in [-0.05, 0) is 49.6 Å². The number of carbonyl (C=O) groups is 2. The van der Waals surface area contributed by atoms with E-state index < -0.39 is 0 Å². The minimum atomic E-state index is -0.196. The van der Waals surface area contributed by atoms with Crippen molar-refractivity contribution in [1.29, 1.82) is 0 Å². The number of hydrogen-bond acceptors (Lipinski definition) is 3. The van der Waals surface area contributed by atoms with Crippen LogP contribution in [-0.4, -0.2) is 30.5 Å². The fraction of sp³-hybridized carbons (Fsp3) is 0.478. The molecule has 1 fully saturated rings. The molecule has 0 saturated heterocycles. The molecule has 0 spiro atoms. The first-order valence-electron chi connectivity index (χ1n) is 10.3. The van der Waals surface area contributed by atoms with Crippen LogP contribution in [0, 0.1) is 0 Å². The molecule has 2 amide bonds. The number of ether oxygens (including phenoxy) is 1. The molecule has 3 rings (SSSR count). The molecule has 0 heterocycles. The van der Waals surface area contributed by atoms with Crippen molar-refractivity contribution in [3.8, 4) is 5.75 Å². The Morgan fingerprint density at radius 3 is 2.32 bits per heavy atom. The minimum absolute atomic E-state index is 0.0470. The second-order valence-electron chi connectivity index (χ2n) is 7.87. The highest BCUT2D eigenvalue weighted by atomic mass is 16.5. The molecule has 0 atom stereocenters. The topological polar surface area (TPSA) is 67.4 Å². The maximum absolute atomic E-state index is 13.0. The summed E-state index contributed by atoms with van der Waals surface area (Å²) in [6.45, 7) is 3.69. The Labute approximate surface area is 166 Å². The first kappa shape index (κ1) is 20.2. The van der Waals surface area contributed by atoms with Crippen molar-refractivity contribution in [2.75, 3.05) is 6.61 Å². The molecule has 5 nitrogen and oxygen atoms in total. The van der Waals surface area contributed by atoms with Crippen LogP contribution in [0.25, 0.3) is 10.8 Å². The van der Waals surface area contributed by atoms with E-state index in [0.717, 1.165) is 36.5 Å². The Kier molecular flexibility index (Phi) is 6.90. The zero-order valence-electron chi connectivity index (χ0n) is 16.8. The Morgan fingerprint density at radius 2 is 1.68 bits per heavy atom. The monoisotopic (exact) mass is 382 g/mol. The molecule has 1 aliphatic rings. The standard InChI is InChI=1S/C23H30N2O3/c1-16(2)24-22(26)15-28-21-14-18-10-8-7-9-17(18)13-20(21)23(27)25-19-11-5-3-4-6-12-19/h7-10,13-14,16,19H,3-6,11-12,15H2,1-2H3,(H,24,26)(H,25,27). The zero-order valence-corrected chi connectivity index (χ0v) is 16.8. The fourth-order valence-corrected chi connectivity index (χ4v) is 3.71. The van der Waals surface area contributed by atoms with Crippen molar-refractivity contribution in [3.05, 3.63) is 42.0 Å². The van der Waals surface area contributed by atoms with Crippen molar-refractivity contribution >= 4 is 22.6 Å². The van der Waals surface area contributed by atoms with Crippen molar-refractivity contribution < 1.29 is 14.3 Å². The van der Waals surface area contributed by atoms with E-state index in [1.54, 1.807) is 0 Å². The first-order valence-corrected chi connectivity index (χ1v) is 10.3. The Morgan fingerprint density at radius 1 is 1.04 bits per heavy atom. The number of benzene rings is 2. The summed E-state index contributed by atoms with van der Waals surface area (Å²) >= 11 is 0. The van der Waals surface area contributed by atoms with Crippen molar-refractivity contribution in [2.45, 2.75) is 64.5 Å². The molecule has 150 valence electrons. The van der Waals surface area contributed by atoms with Crippen LogP contribution in [0.1, 0.15) is 62.7 Å². The summed E-state index contributed by atoms with van der Waals surface area (Å²) in [5.74, 6) is 0.124. The van der Waals surface area contributed by atoms with Crippen molar-refractivity contribution in [3.63, 3.8) is 0 Å². The molecule has 0 aromatic heterocycles. The fourth-order valence-electron chi connectivity index (χ4n) is 3.71. The van der Waals surface area contributed by atoms with Crippen molar-refractivity contribution in [1.82, 2.24) is 10.6 Å². The van der Waals surface area contributed by atoms with Gasteiger partial charge in [0, 0.05) is 12.1 Å². The number of carbonyl (C=O) groups excluding carboxylic acids is 2. The van der Waals surface area contributed by atoms with Gasteiger partial charge >= 0.3 is 0 Å². The molecule has 2 N–H and O–H groups in total. The number of amides is 2. The lowest BCUT2D eigenvalue weighted by atomic mass is 10.0. The average Bonchev–Trinajstić information content (AvgIpc) is 2.93. The zero-order chi connectivity index (χ0) is 19.9. The Balaban J connectivity index is 1.81. The Hall–Kier alpha value is -2.56. The molecule has 0 aliphatic heterocycles. The summed E-state index contributed by atoms with van der Waals surface area (Å²) in [6, 6.07) is 11.8. The summed E-state index contributed by atoms with van der Waals surface area (Å²) < 4.78 is 5.77. The van der Waals surface area contributed by atoms with Gasteiger partial charge in [0.2, 0.25) is 0 Å². The smallest absolute Gasteiger partial charge is 0.258 e. The largest absolute Gasteiger partial charge is 0.483 e. The van der Waals surface area contributed by atoms with Gasteiger partial charge in [0.1, 0.15) is 5.75 Å². The van der Waals surface area contributed by atoms with E-state index in [2.05, 4.69) is 10.6 Å². The molecule has 2 aromatic carbocycles. The van der Waals surface area contributed by atoms with Gasteiger partial charge in [-0.25, -0.2) is 0 Å². The van der Waals surface area contributed by atoms with E-state index in [4.69, 9.17) is 4.74 Å². The number of rotatable bonds is 6. The lowest BCUT2D eigenvalue weighted by Gasteiger charge is -2.18. The molecule has 1 saturated carbocycles. The summed E-state index contributed by atoms with van der Waals surface area (Å²) in [7, 11) is 0. The van der Waals surface area contributed by atoms with Crippen LogP contribution >= 0.6 is 0 Å². The second kappa shape index (κ2) is 9.58. The maximum Gasteiger partial charge on any atom is 0.258 e. The van der Waals surface area contributed by atoms with E-state index in [1.807, 2.05) is 50.2 Å². The molecule has 2 aromatic rings. The van der Waals surface area contributed by atoms with E-state index in [1.165, 1.54) is 12.8 Å². The highest BCUT2D eigenvalue weighted by Crippen LogP contribution is 2.27. The van der Waals surface area contributed by atoms with E-state index in [-0.39, 0.29) is 30.5 Å². The number of fused-ring (bicyclic) bond motifs is 1. The predicted molar refractivity (Wildman–Crippen MR) is 112 cm³/mol. The second-order valence-corrected chi connectivity index (χ2v) is 7.87. The van der Waals surface area contributed by atoms with Crippen LogP contribution in [0.4, 0.5) is 0 Å². The maximum atomic E-state index is 13.0. The average molecular weight is 383 g/mol. The van der Waals surface area contributed by atoms with E-state index >= 15 is 0 Å². The third-order valence-electron chi connectivity index (χ3n) is 5.09. The highest BCUT2D eigenvalue weighted by Gasteiger charge is 2.20. The van der Waals surface area contributed by atoms with Gasteiger partial charge in [0.25, 0.3) is 11.8 Å². The predicted octanol–water partition coefficient (Wildman–Crippen LogP) is 4.20. The number of nitrogens with one attached hydrogen (secondary N) is 2. The van der Waals surface area contributed by atoms with Crippen LogP contribution in [0.2, 0.25) is 0 Å². The lowest BCUT2D eigenvalue weighted by molar-refractivity contribution is -0.123. The Bertz CT molecular complexity index is 824. The third kappa shape index (κ3) is 5.47. The lowest BCUT2D eigenvalue weighted by Crippen LogP contribution is -2.36. The SMILES string of the molecule is CC(C)NC(=O)COc1cc2ccccc2cc1C(=O)NC1CCCCCC1. The number of hydrogen-bond donors (Lipinski definition) is 2. The van der Waals surface area contributed by atoms with Gasteiger partial charge in [-0.3, -0.25) is 9.59 Å². The van der Waals surface area contributed by atoms with Crippen LogP contribution in [0.15, 0.2) is 36.4 Å². The highest BCUT2D eigenvalue weighted by molar-refractivity contribution is 6.01. The molecule has 0 unspecified atom stereocenters. The summed E-state index contributed by atoms with van der Waals surface area (Å²) in [4.78, 5) is 25.0. The van der Waals surface area contributed by atoms with Gasteiger partial charge in [-0.1, -0.05) is 49.9 Å². The molecule has 0 bridgehead atoms. The van der Waals surface area contributed by atoms with Gasteiger partial charge in [0.15, 0.2) is 6.61 Å². The molecule has 1 aliphatic carbocycles. The van der Waals surface area contributed by atoms with Crippen LogP contribution in [0.3, 0.4) is 0 Å². The quantitative estimate of drug-likeness (QED) is 0.736. The molecular weight excluding hydrogens is 352 g/mol. The molecule has 28 heavy (non-hydrogen) atoms. The van der Waals surface area contributed by atoms with Crippen LogP contribution in [-0.2, 0) is 4.79 Å². The van der Waals surface area contributed by atoms with E-state index in [9.17, 15) is 9.59 Å². The summed E-state index contributed by atoms with van der Waals surface area (Å²) in [5, 5.41) is 7.95. The first-order chi connectivity index (χ1) is 13.5. The van der Waals surface area contributed by atoms with E-state index in [0.29, 0.717) is 11.3 Å². The molecule has 0 radical (unpaired) electrons. The molecular formula is C23H30N2O3. The molecule has 5 heteroatoms. The summed E-state index contributed by atoms with van der Waals surface area (Å²) in [6.07, 6.45) is 6.82. The third-order valence-corrected chi connectivity index (χ3v) is 5.09. The van der Waals surface area contributed by atoms with Gasteiger partial charge in [0.05, 0.1) is 5.56 Å².